The van der Waals surface area contributed by atoms with E-state index in [0.29, 0.717) is 31.6 Å². The van der Waals surface area contributed by atoms with Crippen LogP contribution in [0.15, 0.2) is 36.4 Å². The number of hydrogen-bond acceptors (Lipinski definition) is 3. The van der Waals surface area contributed by atoms with E-state index in [1.54, 1.807) is 4.90 Å². The van der Waals surface area contributed by atoms with Crippen LogP contribution in [0.5, 0.6) is 0 Å². The molecule has 1 aromatic carbocycles. The normalized spacial score (nSPS) is 15.6. The second kappa shape index (κ2) is 6.77. The van der Waals surface area contributed by atoms with Crippen molar-refractivity contribution >= 4 is 11.7 Å². The zero-order valence-corrected chi connectivity index (χ0v) is 13.3. The number of carbonyl (C=O) groups excluding carboxylic acids is 2. The van der Waals surface area contributed by atoms with Crippen LogP contribution in [0.4, 0.5) is 0 Å². The van der Waals surface area contributed by atoms with Crippen LogP contribution in [0.1, 0.15) is 46.3 Å². The summed E-state index contributed by atoms with van der Waals surface area (Å²) in [7, 11) is 0. The molecule has 0 bridgehead atoms. The van der Waals surface area contributed by atoms with Gasteiger partial charge in [-0.2, -0.15) is 5.10 Å². The highest BCUT2D eigenvalue weighted by Gasteiger charge is 2.29. The first kappa shape index (κ1) is 15.5. The number of aryl methyl sites for hydroxylation is 1. The Kier molecular flexibility index (Phi) is 4.55. The maximum atomic E-state index is 12.5. The first-order valence-corrected chi connectivity index (χ1v) is 8.12. The maximum Gasteiger partial charge on any atom is 0.274 e. The smallest absolute Gasteiger partial charge is 0.274 e. The fourth-order valence-corrected chi connectivity index (χ4v) is 3.00. The molecule has 0 spiro atoms. The number of nitrogens with one attached hydrogen (secondary N) is 1. The van der Waals surface area contributed by atoms with E-state index in [1.165, 1.54) is 0 Å². The Morgan fingerprint density at radius 3 is 2.52 bits per heavy atom. The monoisotopic (exact) mass is 311 g/mol. The fraction of sp³-hybridized carbons (Fsp3) is 0.389. The summed E-state index contributed by atoms with van der Waals surface area (Å²) in [6, 6.07) is 11.2. The first-order valence-electron chi connectivity index (χ1n) is 8.12. The topological polar surface area (TPSA) is 66.1 Å². The van der Waals surface area contributed by atoms with Crippen molar-refractivity contribution in [3.8, 4) is 0 Å². The average Bonchev–Trinajstić information content (AvgIpc) is 3.10. The number of H-pyrrole nitrogens is 1. The molecule has 1 aliphatic heterocycles. The number of ketones is 1. The third-order valence-electron chi connectivity index (χ3n) is 4.44. The largest absolute Gasteiger partial charge is 0.337 e. The molecule has 0 saturated carbocycles. The van der Waals surface area contributed by atoms with Gasteiger partial charge in [0.1, 0.15) is 5.69 Å². The fourth-order valence-electron chi connectivity index (χ4n) is 3.00. The average molecular weight is 311 g/mol. The third kappa shape index (κ3) is 3.33. The highest BCUT2D eigenvalue weighted by molar-refractivity contribution is 5.98. The number of amides is 1. The summed E-state index contributed by atoms with van der Waals surface area (Å²) in [6.07, 6.45) is 2.25. The predicted molar refractivity (Wildman–Crippen MR) is 87.4 cm³/mol. The zero-order chi connectivity index (χ0) is 16.2. The molecule has 2 heterocycles. The molecule has 1 aliphatic rings. The molecule has 1 amide bonds. The number of likely N-dealkylation sites (tertiary alicyclic amines) is 1. The molecule has 0 aliphatic carbocycles. The molecule has 5 heteroatoms. The van der Waals surface area contributed by atoms with Gasteiger partial charge < -0.3 is 4.90 Å². The molecule has 120 valence electrons. The summed E-state index contributed by atoms with van der Waals surface area (Å²) in [5, 5.41) is 6.95. The van der Waals surface area contributed by atoms with Crippen LogP contribution in [0.3, 0.4) is 0 Å². The van der Waals surface area contributed by atoms with E-state index in [0.717, 1.165) is 17.7 Å². The molecule has 23 heavy (non-hydrogen) atoms. The molecule has 0 unspecified atom stereocenters. The molecular weight excluding hydrogens is 290 g/mol. The van der Waals surface area contributed by atoms with Gasteiger partial charge in [-0.15, -0.1) is 0 Å². The van der Waals surface area contributed by atoms with E-state index in [2.05, 4.69) is 10.2 Å². The summed E-state index contributed by atoms with van der Waals surface area (Å²) >= 11 is 0. The Balaban J connectivity index is 1.60. The van der Waals surface area contributed by atoms with Crippen molar-refractivity contribution in [1.29, 1.82) is 0 Å². The molecular formula is C18H21N3O2. The number of rotatable bonds is 4. The van der Waals surface area contributed by atoms with Gasteiger partial charge in [-0.05, 0) is 25.3 Å². The van der Waals surface area contributed by atoms with Gasteiger partial charge in [0.05, 0.1) is 0 Å². The minimum Gasteiger partial charge on any atom is -0.337 e. The predicted octanol–water partition coefficient (Wildman–Crippen LogP) is 2.71. The van der Waals surface area contributed by atoms with Crippen LogP contribution in [0.2, 0.25) is 0 Å². The summed E-state index contributed by atoms with van der Waals surface area (Å²) in [5.74, 6) is 0.143. The number of hydrogen-bond donors (Lipinski definition) is 1. The Labute approximate surface area is 135 Å². The van der Waals surface area contributed by atoms with Gasteiger partial charge in [0.2, 0.25) is 0 Å². The van der Waals surface area contributed by atoms with Crippen molar-refractivity contribution in [3.05, 3.63) is 53.3 Å². The van der Waals surface area contributed by atoms with Crippen molar-refractivity contribution < 1.29 is 9.59 Å². The molecule has 1 aromatic heterocycles. The van der Waals surface area contributed by atoms with Gasteiger partial charge in [0, 0.05) is 30.3 Å². The van der Waals surface area contributed by atoms with Crippen molar-refractivity contribution in [2.24, 2.45) is 5.92 Å². The van der Waals surface area contributed by atoms with Crippen molar-refractivity contribution in [2.75, 3.05) is 13.1 Å². The van der Waals surface area contributed by atoms with Gasteiger partial charge in [-0.25, -0.2) is 0 Å². The summed E-state index contributed by atoms with van der Waals surface area (Å²) < 4.78 is 0. The number of aromatic nitrogens is 2. The van der Waals surface area contributed by atoms with Crippen LogP contribution >= 0.6 is 0 Å². The van der Waals surface area contributed by atoms with E-state index >= 15 is 0 Å². The van der Waals surface area contributed by atoms with Gasteiger partial charge in [0.25, 0.3) is 5.91 Å². The van der Waals surface area contributed by atoms with E-state index < -0.39 is 0 Å². The molecule has 0 radical (unpaired) electrons. The Bertz CT molecular complexity index is 685. The lowest BCUT2D eigenvalue weighted by Gasteiger charge is -2.30. The molecule has 0 atom stereocenters. The van der Waals surface area contributed by atoms with E-state index in [-0.39, 0.29) is 17.6 Å². The van der Waals surface area contributed by atoms with E-state index in [4.69, 9.17) is 0 Å². The summed E-state index contributed by atoms with van der Waals surface area (Å²) in [5.41, 5.74) is 2.19. The Morgan fingerprint density at radius 2 is 1.91 bits per heavy atom. The maximum absolute atomic E-state index is 12.5. The van der Waals surface area contributed by atoms with Gasteiger partial charge in [-0.3, -0.25) is 14.7 Å². The summed E-state index contributed by atoms with van der Waals surface area (Å²) in [4.78, 5) is 26.7. The lowest BCUT2D eigenvalue weighted by molar-refractivity contribution is 0.0645. The number of benzene rings is 1. The molecule has 1 fully saturated rings. The minimum atomic E-state index is -0.0495. The second-order valence-corrected chi connectivity index (χ2v) is 5.93. The van der Waals surface area contributed by atoms with E-state index in [1.807, 2.05) is 43.3 Å². The Morgan fingerprint density at radius 1 is 1.22 bits per heavy atom. The standard InChI is InChI=1S/C18H21N3O2/c1-2-15-12-16(20-19-15)18(23)21-10-8-14(9-11-21)17(22)13-6-4-3-5-7-13/h3-7,12,14H,2,8-11H2,1H3,(H,19,20). The number of carbonyl (C=O) groups is 2. The lowest BCUT2D eigenvalue weighted by Crippen LogP contribution is -2.40. The van der Waals surface area contributed by atoms with Crippen molar-refractivity contribution in [2.45, 2.75) is 26.2 Å². The van der Waals surface area contributed by atoms with Gasteiger partial charge in [0.15, 0.2) is 5.78 Å². The van der Waals surface area contributed by atoms with Crippen LogP contribution < -0.4 is 0 Å². The number of aromatic amines is 1. The van der Waals surface area contributed by atoms with E-state index in [9.17, 15) is 9.59 Å². The van der Waals surface area contributed by atoms with Gasteiger partial charge >= 0.3 is 0 Å². The highest BCUT2D eigenvalue weighted by Crippen LogP contribution is 2.22. The molecule has 5 nitrogen and oxygen atoms in total. The van der Waals surface area contributed by atoms with Crippen LogP contribution in [-0.2, 0) is 6.42 Å². The molecule has 2 aromatic rings. The number of piperidine rings is 1. The first-order chi connectivity index (χ1) is 11.2. The quantitative estimate of drug-likeness (QED) is 0.883. The number of nitrogens with zero attached hydrogens (tertiary/aromatic N) is 2. The van der Waals surface area contributed by atoms with Crippen molar-refractivity contribution in [1.82, 2.24) is 15.1 Å². The highest BCUT2D eigenvalue weighted by atomic mass is 16.2. The molecule has 1 saturated heterocycles. The SMILES string of the molecule is CCc1cc(C(=O)N2CCC(C(=O)c3ccccc3)CC2)n[nH]1. The third-order valence-corrected chi connectivity index (χ3v) is 4.44. The van der Waals surface area contributed by atoms with Crippen molar-refractivity contribution in [3.63, 3.8) is 0 Å². The van der Waals surface area contributed by atoms with Crippen LogP contribution in [-0.4, -0.2) is 39.9 Å². The Hall–Kier alpha value is -2.43. The lowest BCUT2D eigenvalue weighted by atomic mass is 9.89. The van der Waals surface area contributed by atoms with Gasteiger partial charge in [-0.1, -0.05) is 37.3 Å². The van der Waals surface area contributed by atoms with Crippen LogP contribution in [0.25, 0.3) is 0 Å². The number of Topliss-reactive ketones (excluding diaryl/α,β-unsaturated/α-hetero) is 1. The second-order valence-electron chi connectivity index (χ2n) is 5.93. The molecule has 3 rings (SSSR count). The van der Waals surface area contributed by atoms with Crippen LogP contribution in [0, 0.1) is 5.92 Å². The minimum absolute atomic E-state index is 0.00633. The summed E-state index contributed by atoms with van der Waals surface area (Å²) in [6.45, 7) is 3.23. The zero-order valence-electron chi connectivity index (χ0n) is 13.3. The molecule has 1 N–H and O–H groups in total.